The number of rotatable bonds is 8. The van der Waals surface area contributed by atoms with Crippen LogP contribution in [0.2, 0.25) is 0 Å². The highest BCUT2D eigenvalue weighted by Gasteiger charge is 2.45. The SMILES string of the molecule is COCCCN1C(=O)C(=O)C(=C(O)c2cccc(OC)c2)[C@@H]1c1ccc(C(C)C)cc1. The minimum atomic E-state index is -0.685. The zero-order valence-electron chi connectivity index (χ0n) is 18.4. The lowest BCUT2D eigenvalue weighted by molar-refractivity contribution is -0.140. The van der Waals surface area contributed by atoms with E-state index in [-0.39, 0.29) is 11.3 Å². The van der Waals surface area contributed by atoms with Crippen LogP contribution in [0.25, 0.3) is 5.76 Å². The Morgan fingerprint density at radius 2 is 1.81 bits per heavy atom. The molecule has 1 N–H and O–H groups in total. The van der Waals surface area contributed by atoms with Crippen LogP contribution in [-0.4, -0.2) is 49.1 Å². The third kappa shape index (κ3) is 4.64. The molecular formula is C25H29NO5. The molecular weight excluding hydrogens is 394 g/mol. The van der Waals surface area contributed by atoms with Crippen molar-refractivity contribution in [3.8, 4) is 5.75 Å². The monoisotopic (exact) mass is 423 g/mol. The van der Waals surface area contributed by atoms with Crippen molar-refractivity contribution in [2.75, 3.05) is 27.4 Å². The van der Waals surface area contributed by atoms with Crippen LogP contribution in [0.3, 0.4) is 0 Å². The van der Waals surface area contributed by atoms with Crippen LogP contribution in [-0.2, 0) is 14.3 Å². The van der Waals surface area contributed by atoms with Gasteiger partial charge in [-0.2, -0.15) is 0 Å². The third-order valence-electron chi connectivity index (χ3n) is 5.55. The molecule has 0 bridgehead atoms. The number of Topliss-reactive ketones (excluding diaryl/α,β-unsaturated/α-hetero) is 1. The molecule has 164 valence electrons. The Kier molecular flexibility index (Phi) is 7.13. The van der Waals surface area contributed by atoms with E-state index in [1.807, 2.05) is 24.3 Å². The number of aliphatic hydroxyl groups excluding tert-OH is 1. The molecule has 0 saturated carbocycles. The fourth-order valence-electron chi connectivity index (χ4n) is 3.83. The molecule has 0 unspecified atom stereocenters. The first kappa shape index (κ1) is 22.6. The van der Waals surface area contributed by atoms with E-state index in [4.69, 9.17) is 9.47 Å². The standard InChI is InChI=1S/C25H29NO5/c1-16(2)17-9-11-18(12-10-17)22-21(23(27)19-7-5-8-20(15-19)31-4)24(28)25(29)26(22)13-6-14-30-3/h5,7-12,15-16,22,27H,6,13-14H2,1-4H3/t22-/m0/s1. The van der Waals surface area contributed by atoms with Gasteiger partial charge in [0.1, 0.15) is 11.5 Å². The van der Waals surface area contributed by atoms with E-state index in [0.717, 1.165) is 11.1 Å². The van der Waals surface area contributed by atoms with Crippen molar-refractivity contribution in [2.24, 2.45) is 0 Å². The minimum Gasteiger partial charge on any atom is -0.507 e. The molecule has 2 aromatic rings. The second-order valence-corrected chi connectivity index (χ2v) is 7.89. The average Bonchev–Trinajstić information content (AvgIpc) is 3.03. The number of ketones is 1. The van der Waals surface area contributed by atoms with Gasteiger partial charge in [0.05, 0.1) is 18.7 Å². The molecule has 1 fully saturated rings. The zero-order chi connectivity index (χ0) is 22.5. The van der Waals surface area contributed by atoms with Gasteiger partial charge in [-0.15, -0.1) is 0 Å². The van der Waals surface area contributed by atoms with Crippen LogP contribution in [0.15, 0.2) is 54.1 Å². The van der Waals surface area contributed by atoms with Gasteiger partial charge >= 0.3 is 0 Å². The topological polar surface area (TPSA) is 76.1 Å². The largest absolute Gasteiger partial charge is 0.507 e. The van der Waals surface area contributed by atoms with Gasteiger partial charge in [-0.05, 0) is 35.6 Å². The number of hydrogen-bond donors (Lipinski definition) is 1. The minimum absolute atomic E-state index is 0.0907. The first-order valence-electron chi connectivity index (χ1n) is 10.4. The summed E-state index contributed by atoms with van der Waals surface area (Å²) in [4.78, 5) is 27.4. The van der Waals surface area contributed by atoms with E-state index in [1.54, 1.807) is 31.4 Å². The fourth-order valence-corrected chi connectivity index (χ4v) is 3.83. The van der Waals surface area contributed by atoms with E-state index >= 15 is 0 Å². The smallest absolute Gasteiger partial charge is 0.295 e. The number of amides is 1. The lowest BCUT2D eigenvalue weighted by Gasteiger charge is -2.25. The summed E-state index contributed by atoms with van der Waals surface area (Å²) in [6.07, 6.45) is 0.587. The van der Waals surface area contributed by atoms with Gasteiger partial charge in [-0.3, -0.25) is 9.59 Å². The Hall–Kier alpha value is -3.12. The molecule has 1 aliphatic heterocycles. The number of benzene rings is 2. The second-order valence-electron chi connectivity index (χ2n) is 7.89. The van der Waals surface area contributed by atoms with Crippen molar-refractivity contribution in [1.82, 2.24) is 4.90 Å². The molecule has 6 nitrogen and oxygen atoms in total. The van der Waals surface area contributed by atoms with Gasteiger partial charge in [0.15, 0.2) is 0 Å². The molecule has 0 radical (unpaired) electrons. The van der Waals surface area contributed by atoms with E-state index in [2.05, 4.69) is 13.8 Å². The number of nitrogens with zero attached hydrogens (tertiary/aromatic N) is 1. The number of carbonyl (C=O) groups excluding carboxylic acids is 2. The maximum Gasteiger partial charge on any atom is 0.295 e. The van der Waals surface area contributed by atoms with Crippen LogP contribution >= 0.6 is 0 Å². The molecule has 2 aromatic carbocycles. The molecule has 1 saturated heterocycles. The Balaban J connectivity index is 2.11. The fraction of sp³-hybridized carbons (Fsp3) is 0.360. The molecule has 1 aliphatic rings. The summed E-state index contributed by atoms with van der Waals surface area (Å²) in [6, 6.07) is 14.0. The molecule has 31 heavy (non-hydrogen) atoms. The van der Waals surface area contributed by atoms with E-state index in [0.29, 0.717) is 36.8 Å². The Morgan fingerprint density at radius 1 is 1.10 bits per heavy atom. The quantitative estimate of drug-likeness (QED) is 0.297. The van der Waals surface area contributed by atoms with Crippen LogP contribution in [0.1, 0.15) is 48.9 Å². The van der Waals surface area contributed by atoms with E-state index < -0.39 is 17.7 Å². The number of ether oxygens (including phenoxy) is 2. The summed E-state index contributed by atoms with van der Waals surface area (Å²) in [5.41, 5.74) is 2.46. The van der Waals surface area contributed by atoms with E-state index in [9.17, 15) is 14.7 Å². The number of hydrogen-bond acceptors (Lipinski definition) is 5. The number of aliphatic hydroxyl groups is 1. The van der Waals surface area contributed by atoms with Crippen molar-refractivity contribution in [3.63, 3.8) is 0 Å². The lowest BCUT2D eigenvalue weighted by atomic mass is 9.93. The first-order valence-corrected chi connectivity index (χ1v) is 10.4. The van der Waals surface area contributed by atoms with Gasteiger partial charge in [-0.1, -0.05) is 50.2 Å². The number of carbonyl (C=O) groups is 2. The van der Waals surface area contributed by atoms with Crippen LogP contribution in [0.5, 0.6) is 5.75 Å². The summed E-state index contributed by atoms with van der Waals surface area (Å²) in [7, 11) is 3.13. The van der Waals surface area contributed by atoms with Crippen LogP contribution in [0.4, 0.5) is 0 Å². The molecule has 1 heterocycles. The van der Waals surface area contributed by atoms with Gasteiger partial charge in [0.25, 0.3) is 11.7 Å². The highest BCUT2D eigenvalue weighted by Crippen LogP contribution is 2.40. The van der Waals surface area contributed by atoms with Gasteiger partial charge < -0.3 is 19.5 Å². The average molecular weight is 424 g/mol. The van der Waals surface area contributed by atoms with Gasteiger partial charge in [0.2, 0.25) is 0 Å². The van der Waals surface area contributed by atoms with Crippen molar-refractivity contribution in [2.45, 2.75) is 32.2 Å². The van der Waals surface area contributed by atoms with Crippen molar-refractivity contribution < 1.29 is 24.2 Å². The maximum atomic E-state index is 13.0. The maximum absolute atomic E-state index is 13.0. The zero-order valence-corrected chi connectivity index (χ0v) is 18.4. The van der Waals surface area contributed by atoms with Gasteiger partial charge in [-0.25, -0.2) is 0 Å². The summed E-state index contributed by atoms with van der Waals surface area (Å²) < 4.78 is 10.4. The first-order chi connectivity index (χ1) is 14.9. The molecule has 3 rings (SSSR count). The predicted octanol–water partition coefficient (Wildman–Crippen LogP) is 4.28. The molecule has 0 spiro atoms. The molecule has 1 amide bonds. The summed E-state index contributed by atoms with van der Waals surface area (Å²) in [6.45, 7) is 5.03. The lowest BCUT2D eigenvalue weighted by Crippen LogP contribution is -2.31. The normalized spacial score (nSPS) is 18.1. The number of methoxy groups -OCH3 is 2. The Bertz CT molecular complexity index is 978. The molecule has 0 aromatic heterocycles. The highest BCUT2D eigenvalue weighted by molar-refractivity contribution is 6.46. The number of likely N-dealkylation sites (tertiary alicyclic amines) is 1. The Morgan fingerprint density at radius 3 is 2.42 bits per heavy atom. The highest BCUT2D eigenvalue weighted by atomic mass is 16.5. The molecule has 1 atom stereocenters. The second kappa shape index (κ2) is 9.79. The van der Waals surface area contributed by atoms with Gasteiger partial charge in [0, 0.05) is 25.8 Å². The third-order valence-corrected chi connectivity index (χ3v) is 5.55. The molecule has 6 heteroatoms. The summed E-state index contributed by atoms with van der Waals surface area (Å²) in [5, 5.41) is 11.1. The van der Waals surface area contributed by atoms with E-state index in [1.165, 1.54) is 12.0 Å². The van der Waals surface area contributed by atoms with Crippen molar-refractivity contribution in [3.05, 3.63) is 70.8 Å². The van der Waals surface area contributed by atoms with Crippen LogP contribution < -0.4 is 4.74 Å². The van der Waals surface area contributed by atoms with Crippen LogP contribution in [0, 0.1) is 0 Å². The summed E-state index contributed by atoms with van der Waals surface area (Å²) in [5.74, 6) is -0.589. The van der Waals surface area contributed by atoms with Crippen molar-refractivity contribution in [1.29, 1.82) is 0 Å². The molecule has 0 aliphatic carbocycles. The summed E-state index contributed by atoms with van der Waals surface area (Å²) >= 11 is 0. The predicted molar refractivity (Wildman–Crippen MR) is 119 cm³/mol. The van der Waals surface area contributed by atoms with Crippen molar-refractivity contribution >= 4 is 17.4 Å². The Labute approximate surface area is 183 Å².